The number of carbonyl (C=O) groups excluding carboxylic acids is 1. The lowest BCUT2D eigenvalue weighted by atomic mass is 9.79. The Labute approximate surface area is 110 Å². The summed E-state index contributed by atoms with van der Waals surface area (Å²) >= 11 is 5.16. The van der Waals surface area contributed by atoms with Crippen molar-refractivity contribution in [3.8, 4) is 0 Å². The molecule has 0 saturated heterocycles. The Balaban J connectivity index is 2.68. The van der Waals surface area contributed by atoms with Gasteiger partial charge in [0.1, 0.15) is 0 Å². The molecule has 3 N–H and O–H groups in total. The molecular weight excluding hydrogens is 232 g/mol. The van der Waals surface area contributed by atoms with Crippen LogP contribution >= 0.6 is 12.2 Å². The lowest BCUT2D eigenvalue weighted by Crippen LogP contribution is -2.48. The number of amides is 1. The molecule has 98 valence electrons. The van der Waals surface area contributed by atoms with Gasteiger partial charge in [-0.3, -0.25) is 4.79 Å². The first kappa shape index (κ1) is 14.4. The van der Waals surface area contributed by atoms with Gasteiger partial charge in [0.15, 0.2) is 0 Å². The number of thiocarbonyl (C=S) groups is 1. The molecule has 0 atom stereocenters. The van der Waals surface area contributed by atoms with E-state index in [4.69, 9.17) is 18.0 Å². The molecular formula is C13H24N2OS. The molecule has 0 aromatic carbocycles. The monoisotopic (exact) mass is 256 g/mol. The van der Waals surface area contributed by atoms with E-state index in [1.807, 2.05) is 0 Å². The van der Waals surface area contributed by atoms with Gasteiger partial charge in [0.2, 0.25) is 5.91 Å². The van der Waals surface area contributed by atoms with Crippen LogP contribution in [0.5, 0.6) is 0 Å². The lowest BCUT2D eigenvalue weighted by Gasteiger charge is -2.30. The Morgan fingerprint density at radius 3 is 2.35 bits per heavy atom. The van der Waals surface area contributed by atoms with Crippen molar-refractivity contribution >= 4 is 23.1 Å². The topological polar surface area (TPSA) is 55.1 Å². The van der Waals surface area contributed by atoms with Crippen LogP contribution in [0.25, 0.3) is 0 Å². The third kappa shape index (κ3) is 3.66. The number of carbonyl (C=O) groups is 1. The quantitative estimate of drug-likeness (QED) is 0.451. The molecule has 0 heterocycles. The Kier molecular flexibility index (Phi) is 5.89. The fourth-order valence-electron chi connectivity index (χ4n) is 2.47. The molecule has 3 nitrogen and oxygen atoms in total. The maximum atomic E-state index is 12.3. The average molecular weight is 256 g/mol. The first-order chi connectivity index (χ1) is 8.13. The molecule has 1 aliphatic rings. The highest BCUT2D eigenvalue weighted by Crippen LogP contribution is 2.35. The molecule has 0 bridgehead atoms. The van der Waals surface area contributed by atoms with Crippen molar-refractivity contribution < 1.29 is 4.79 Å². The van der Waals surface area contributed by atoms with Crippen molar-refractivity contribution in [2.75, 3.05) is 6.54 Å². The summed E-state index contributed by atoms with van der Waals surface area (Å²) in [6.07, 6.45) is 8.22. The molecule has 1 aliphatic carbocycles. The van der Waals surface area contributed by atoms with Gasteiger partial charge < -0.3 is 11.1 Å². The van der Waals surface area contributed by atoms with Gasteiger partial charge in [-0.05, 0) is 19.3 Å². The second-order valence-electron chi connectivity index (χ2n) is 4.97. The predicted octanol–water partition coefficient (Wildman–Crippen LogP) is 2.53. The normalized spacial score (nSPS) is 19.4. The third-order valence-electron chi connectivity index (χ3n) is 3.68. The van der Waals surface area contributed by atoms with E-state index in [1.54, 1.807) is 0 Å². The van der Waals surface area contributed by atoms with E-state index in [1.165, 1.54) is 12.8 Å². The van der Waals surface area contributed by atoms with Gasteiger partial charge >= 0.3 is 0 Å². The van der Waals surface area contributed by atoms with E-state index in [9.17, 15) is 4.79 Å². The average Bonchev–Trinajstić information content (AvgIpc) is 2.55. The highest BCUT2D eigenvalue weighted by molar-refractivity contribution is 7.80. The van der Waals surface area contributed by atoms with E-state index < -0.39 is 5.41 Å². The van der Waals surface area contributed by atoms with Gasteiger partial charge in [-0.2, -0.15) is 0 Å². The number of unbranched alkanes of at least 4 members (excludes halogenated alkanes) is 1. The second kappa shape index (κ2) is 6.94. The van der Waals surface area contributed by atoms with Crippen molar-refractivity contribution in [1.29, 1.82) is 0 Å². The summed E-state index contributed by atoms with van der Waals surface area (Å²) in [5.41, 5.74) is 5.28. The summed E-state index contributed by atoms with van der Waals surface area (Å²) in [7, 11) is 0. The molecule has 0 aromatic rings. The third-order valence-corrected chi connectivity index (χ3v) is 4.07. The van der Waals surface area contributed by atoms with Crippen molar-refractivity contribution in [2.45, 2.75) is 58.3 Å². The number of nitrogens with one attached hydrogen (secondary N) is 1. The van der Waals surface area contributed by atoms with Gasteiger partial charge in [-0.15, -0.1) is 0 Å². The zero-order valence-corrected chi connectivity index (χ0v) is 11.6. The molecule has 1 rings (SSSR count). The van der Waals surface area contributed by atoms with Crippen LogP contribution in [0.4, 0.5) is 0 Å². The van der Waals surface area contributed by atoms with Crippen molar-refractivity contribution in [3.05, 3.63) is 0 Å². The molecule has 0 radical (unpaired) electrons. The summed E-state index contributed by atoms with van der Waals surface area (Å²) in [5.74, 6) is 0.0559. The Bertz CT molecular complexity index is 271. The Morgan fingerprint density at radius 1 is 1.29 bits per heavy atom. The summed E-state index contributed by atoms with van der Waals surface area (Å²) in [6, 6.07) is 0. The molecule has 0 aromatic heterocycles. The van der Waals surface area contributed by atoms with Gasteiger partial charge in [0, 0.05) is 6.54 Å². The number of hydrogen-bond donors (Lipinski definition) is 2. The molecule has 17 heavy (non-hydrogen) atoms. The number of nitrogens with two attached hydrogens (primary N) is 1. The minimum Gasteiger partial charge on any atom is -0.392 e. The van der Waals surface area contributed by atoms with Gasteiger partial charge in [0.05, 0.1) is 10.4 Å². The smallest absolute Gasteiger partial charge is 0.233 e. The van der Waals surface area contributed by atoms with Crippen LogP contribution in [-0.4, -0.2) is 17.4 Å². The van der Waals surface area contributed by atoms with Gasteiger partial charge in [0.25, 0.3) is 0 Å². The van der Waals surface area contributed by atoms with E-state index in [0.29, 0.717) is 4.99 Å². The summed E-state index contributed by atoms with van der Waals surface area (Å²) in [5, 5.41) is 3.00. The lowest BCUT2D eigenvalue weighted by molar-refractivity contribution is -0.128. The predicted molar refractivity (Wildman–Crippen MR) is 74.8 cm³/mol. The fourth-order valence-corrected chi connectivity index (χ4v) is 2.76. The molecule has 1 saturated carbocycles. The zero-order chi connectivity index (χ0) is 12.7. The van der Waals surface area contributed by atoms with Gasteiger partial charge in [-0.1, -0.05) is 51.2 Å². The summed E-state index contributed by atoms with van der Waals surface area (Å²) < 4.78 is 0. The molecule has 0 aliphatic heterocycles. The van der Waals surface area contributed by atoms with Gasteiger partial charge in [-0.25, -0.2) is 0 Å². The van der Waals surface area contributed by atoms with E-state index >= 15 is 0 Å². The van der Waals surface area contributed by atoms with Crippen molar-refractivity contribution in [1.82, 2.24) is 5.32 Å². The summed E-state index contributed by atoms with van der Waals surface area (Å²) in [4.78, 5) is 12.7. The molecule has 1 fully saturated rings. The first-order valence-corrected chi connectivity index (χ1v) is 7.12. The maximum absolute atomic E-state index is 12.3. The molecule has 4 heteroatoms. The zero-order valence-electron chi connectivity index (χ0n) is 10.8. The SMILES string of the molecule is CCCCNC(=O)C1(C(N)=S)CCCCCC1. The Hall–Kier alpha value is -0.640. The van der Waals surface area contributed by atoms with E-state index in [-0.39, 0.29) is 5.91 Å². The highest BCUT2D eigenvalue weighted by Gasteiger charge is 2.41. The van der Waals surface area contributed by atoms with Crippen LogP contribution in [-0.2, 0) is 4.79 Å². The van der Waals surface area contributed by atoms with Crippen molar-refractivity contribution in [3.63, 3.8) is 0 Å². The Morgan fingerprint density at radius 2 is 1.88 bits per heavy atom. The minimum atomic E-state index is -0.570. The maximum Gasteiger partial charge on any atom is 0.233 e. The molecule has 1 amide bonds. The van der Waals surface area contributed by atoms with Crippen LogP contribution in [0, 0.1) is 5.41 Å². The standard InChI is InChI=1S/C13H24N2OS/c1-2-3-10-15-12(16)13(11(14)17)8-6-4-5-7-9-13/h2-10H2,1H3,(H2,14,17)(H,15,16). The van der Waals surface area contributed by atoms with E-state index in [0.717, 1.165) is 45.1 Å². The van der Waals surface area contributed by atoms with Crippen molar-refractivity contribution in [2.24, 2.45) is 11.1 Å². The first-order valence-electron chi connectivity index (χ1n) is 6.71. The fraction of sp³-hybridized carbons (Fsp3) is 0.846. The van der Waals surface area contributed by atoms with Crippen LogP contribution in [0.3, 0.4) is 0 Å². The minimum absolute atomic E-state index is 0.0559. The van der Waals surface area contributed by atoms with Crippen LogP contribution in [0.2, 0.25) is 0 Å². The second-order valence-corrected chi connectivity index (χ2v) is 5.41. The van der Waals surface area contributed by atoms with Crippen LogP contribution < -0.4 is 11.1 Å². The highest BCUT2D eigenvalue weighted by atomic mass is 32.1. The largest absolute Gasteiger partial charge is 0.392 e. The summed E-state index contributed by atoms with van der Waals surface area (Å²) in [6.45, 7) is 2.85. The number of hydrogen-bond acceptors (Lipinski definition) is 2. The number of rotatable bonds is 5. The van der Waals surface area contributed by atoms with E-state index in [2.05, 4.69) is 12.2 Å². The molecule has 0 spiro atoms. The van der Waals surface area contributed by atoms with Crippen LogP contribution in [0.1, 0.15) is 58.3 Å². The molecule has 0 unspecified atom stereocenters. The van der Waals surface area contributed by atoms with Crippen LogP contribution in [0.15, 0.2) is 0 Å².